The van der Waals surface area contributed by atoms with Crippen LogP contribution in [-0.4, -0.2) is 35.1 Å². The summed E-state index contributed by atoms with van der Waals surface area (Å²) in [5.41, 5.74) is -0.795. The van der Waals surface area contributed by atoms with Crippen molar-refractivity contribution in [3.8, 4) is 0 Å². The summed E-state index contributed by atoms with van der Waals surface area (Å²) in [6.07, 6.45) is -4.46. The van der Waals surface area contributed by atoms with Gasteiger partial charge in [-0.1, -0.05) is 13.0 Å². The number of piperidine rings is 1. The van der Waals surface area contributed by atoms with Gasteiger partial charge in [0.05, 0.1) is 11.7 Å². The minimum Gasteiger partial charge on any atom is -0.393 e. The molecule has 2 atom stereocenters. The smallest absolute Gasteiger partial charge is 0.393 e. The van der Waals surface area contributed by atoms with Crippen molar-refractivity contribution in [3.05, 3.63) is 35.4 Å². The van der Waals surface area contributed by atoms with Gasteiger partial charge >= 0.3 is 6.18 Å². The van der Waals surface area contributed by atoms with Crippen molar-refractivity contribution in [1.29, 1.82) is 0 Å². The Bertz CT molecular complexity index is 501. The van der Waals surface area contributed by atoms with E-state index < -0.39 is 23.8 Å². The van der Waals surface area contributed by atoms with E-state index in [1.165, 1.54) is 17.0 Å². The van der Waals surface area contributed by atoms with Crippen LogP contribution in [0, 0.1) is 5.92 Å². The van der Waals surface area contributed by atoms with Gasteiger partial charge in [-0.2, -0.15) is 13.2 Å². The summed E-state index contributed by atoms with van der Waals surface area (Å²) in [5, 5.41) is 9.61. The average molecular weight is 287 g/mol. The van der Waals surface area contributed by atoms with Gasteiger partial charge in [0.15, 0.2) is 0 Å². The molecule has 0 bridgehead atoms. The van der Waals surface area contributed by atoms with Gasteiger partial charge in [0, 0.05) is 18.7 Å². The molecule has 0 saturated carbocycles. The maximum absolute atomic E-state index is 12.6. The molecule has 1 aromatic rings. The number of halogens is 3. The van der Waals surface area contributed by atoms with Crippen LogP contribution in [0.25, 0.3) is 0 Å². The number of alkyl halides is 3. The lowest BCUT2D eigenvalue weighted by atomic mass is 9.96. The summed E-state index contributed by atoms with van der Waals surface area (Å²) in [6.45, 7) is 2.53. The molecule has 110 valence electrons. The van der Waals surface area contributed by atoms with Gasteiger partial charge in [-0.3, -0.25) is 4.79 Å². The molecule has 20 heavy (non-hydrogen) atoms. The van der Waals surface area contributed by atoms with E-state index in [-0.39, 0.29) is 11.5 Å². The number of aliphatic hydroxyl groups is 1. The summed E-state index contributed by atoms with van der Waals surface area (Å²) in [6, 6.07) is 4.43. The van der Waals surface area contributed by atoms with E-state index in [9.17, 15) is 23.1 Å². The first-order valence-corrected chi connectivity index (χ1v) is 6.43. The Balaban J connectivity index is 2.17. The highest BCUT2D eigenvalue weighted by Crippen LogP contribution is 2.30. The van der Waals surface area contributed by atoms with E-state index in [2.05, 4.69) is 0 Å². The summed E-state index contributed by atoms with van der Waals surface area (Å²) >= 11 is 0. The van der Waals surface area contributed by atoms with E-state index in [1.807, 2.05) is 6.92 Å². The molecule has 0 radical (unpaired) electrons. The summed E-state index contributed by atoms with van der Waals surface area (Å²) in [5.74, 6) is -0.492. The SMILES string of the molecule is CC1CN(C(=O)c2cccc(C(F)(F)F)c2)CCC1O. The molecule has 0 aromatic heterocycles. The molecule has 0 spiro atoms. The molecule has 2 unspecified atom stereocenters. The summed E-state index contributed by atoms with van der Waals surface area (Å²) in [4.78, 5) is 13.7. The molecule has 1 saturated heterocycles. The Morgan fingerprint density at radius 1 is 1.40 bits per heavy atom. The van der Waals surface area contributed by atoms with Crippen LogP contribution in [0.3, 0.4) is 0 Å². The standard InChI is InChI=1S/C14H16F3NO2/c1-9-8-18(6-5-12(9)19)13(20)10-3-2-4-11(7-10)14(15,16)17/h2-4,7,9,12,19H,5-6,8H2,1H3. The van der Waals surface area contributed by atoms with Crippen LogP contribution in [0.4, 0.5) is 13.2 Å². The number of carbonyl (C=O) groups is 1. The van der Waals surface area contributed by atoms with Gasteiger partial charge in [0.2, 0.25) is 0 Å². The van der Waals surface area contributed by atoms with Crippen LogP contribution in [0.1, 0.15) is 29.3 Å². The second kappa shape index (κ2) is 5.44. The number of rotatable bonds is 1. The number of hydrogen-bond donors (Lipinski definition) is 1. The van der Waals surface area contributed by atoms with Gasteiger partial charge in [-0.25, -0.2) is 0 Å². The first-order valence-electron chi connectivity index (χ1n) is 6.43. The second-order valence-electron chi connectivity index (χ2n) is 5.16. The highest BCUT2D eigenvalue weighted by atomic mass is 19.4. The van der Waals surface area contributed by atoms with Crippen molar-refractivity contribution >= 4 is 5.91 Å². The van der Waals surface area contributed by atoms with Crippen LogP contribution in [0.2, 0.25) is 0 Å². The predicted octanol–water partition coefficient (Wildman–Crippen LogP) is 2.55. The van der Waals surface area contributed by atoms with Crippen LogP contribution in [-0.2, 0) is 6.18 Å². The fourth-order valence-corrected chi connectivity index (χ4v) is 2.33. The molecule has 1 heterocycles. The third-order valence-corrected chi connectivity index (χ3v) is 3.58. The molecule has 3 nitrogen and oxygen atoms in total. The molecule has 1 aliphatic rings. The van der Waals surface area contributed by atoms with Gasteiger partial charge in [0.1, 0.15) is 0 Å². The molecule has 1 N–H and O–H groups in total. The van der Waals surface area contributed by atoms with Gasteiger partial charge in [0.25, 0.3) is 5.91 Å². The molecular formula is C14H16F3NO2. The topological polar surface area (TPSA) is 40.5 Å². The normalized spacial score (nSPS) is 23.8. The number of hydrogen-bond acceptors (Lipinski definition) is 2. The molecule has 2 rings (SSSR count). The Morgan fingerprint density at radius 2 is 2.10 bits per heavy atom. The Hall–Kier alpha value is -1.56. The minimum atomic E-state index is -4.46. The number of amides is 1. The van der Waals surface area contributed by atoms with Crippen molar-refractivity contribution in [2.75, 3.05) is 13.1 Å². The van der Waals surface area contributed by atoms with Crippen molar-refractivity contribution < 1.29 is 23.1 Å². The lowest BCUT2D eigenvalue weighted by molar-refractivity contribution is -0.137. The highest BCUT2D eigenvalue weighted by molar-refractivity contribution is 5.94. The number of likely N-dealkylation sites (tertiary alicyclic amines) is 1. The van der Waals surface area contributed by atoms with Gasteiger partial charge in [-0.05, 0) is 30.5 Å². The highest BCUT2D eigenvalue weighted by Gasteiger charge is 2.32. The fraction of sp³-hybridized carbons (Fsp3) is 0.500. The number of carbonyl (C=O) groups excluding carboxylic acids is 1. The predicted molar refractivity (Wildman–Crippen MR) is 67.1 cm³/mol. The zero-order valence-corrected chi connectivity index (χ0v) is 11.0. The molecule has 0 aliphatic carbocycles. The molecule has 1 aliphatic heterocycles. The number of benzene rings is 1. The Labute approximate surface area is 115 Å². The average Bonchev–Trinajstić information content (AvgIpc) is 2.40. The molecular weight excluding hydrogens is 271 g/mol. The van der Waals surface area contributed by atoms with Crippen LogP contribution >= 0.6 is 0 Å². The Kier molecular flexibility index (Phi) is 4.04. The number of aliphatic hydroxyl groups excluding tert-OH is 1. The van der Waals surface area contributed by atoms with E-state index in [1.54, 1.807) is 0 Å². The molecule has 1 amide bonds. The van der Waals surface area contributed by atoms with Crippen LogP contribution in [0.15, 0.2) is 24.3 Å². The minimum absolute atomic E-state index is 0.0309. The maximum Gasteiger partial charge on any atom is 0.416 e. The summed E-state index contributed by atoms with van der Waals surface area (Å²) < 4.78 is 37.9. The second-order valence-corrected chi connectivity index (χ2v) is 5.16. The third-order valence-electron chi connectivity index (χ3n) is 3.58. The zero-order chi connectivity index (χ0) is 14.9. The quantitative estimate of drug-likeness (QED) is 0.862. The molecule has 6 heteroatoms. The Morgan fingerprint density at radius 3 is 2.70 bits per heavy atom. The monoisotopic (exact) mass is 287 g/mol. The van der Waals surface area contributed by atoms with Crippen LogP contribution < -0.4 is 0 Å². The number of nitrogens with zero attached hydrogens (tertiary/aromatic N) is 1. The largest absolute Gasteiger partial charge is 0.416 e. The van der Waals surface area contributed by atoms with Crippen molar-refractivity contribution in [2.45, 2.75) is 25.6 Å². The third kappa shape index (κ3) is 3.12. The van der Waals surface area contributed by atoms with Gasteiger partial charge in [-0.15, -0.1) is 0 Å². The van der Waals surface area contributed by atoms with E-state index in [0.717, 1.165) is 12.1 Å². The van der Waals surface area contributed by atoms with Crippen LogP contribution in [0.5, 0.6) is 0 Å². The lowest BCUT2D eigenvalue weighted by Crippen LogP contribution is -2.45. The maximum atomic E-state index is 12.6. The molecule has 1 fully saturated rings. The fourth-order valence-electron chi connectivity index (χ4n) is 2.33. The van der Waals surface area contributed by atoms with Gasteiger partial charge < -0.3 is 10.0 Å². The lowest BCUT2D eigenvalue weighted by Gasteiger charge is -2.34. The first kappa shape index (κ1) is 14.8. The zero-order valence-electron chi connectivity index (χ0n) is 11.0. The first-order chi connectivity index (χ1) is 9.29. The van der Waals surface area contributed by atoms with Crippen molar-refractivity contribution in [2.24, 2.45) is 5.92 Å². The molecule has 1 aromatic carbocycles. The van der Waals surface area contributed by atoms with Crippen molar-refractivity contribution in [1.82, 2.24) is 4.90 Å². The van der Waals surface area contributed by atoms with E-state index in [4.69, 9.17) is 0 Å². The van der Waals surface area contributed by atoms with E-state index >= 15 is 0 Å². The van der Waals surface area contributed by atoms with Crippen molar-refractivity contribution in [3.63, 3.8) is 0 Å². The van der Waals surface area contributed by atoms with E-state index in [0.29, 0.717) is 19.5 Å². The summed E-state index contributed by atoms with van der Waals surface area (Å²) in [7, 11) is 0.